The van der Waals surface area contributed by atoms with Crippen molar-refractivity contribution in [2.24, 2.45) is 0 Å². The van der Waals surface area contributed by atoms with E-state index in [0.717, 1.165) is 0 Å². The summed E-state index contributed by atoms with van der Waals surface area (Å²) in [5.41, 5.74) is 14.7. The Balaban J connectivity index is 1.15. The van der Waals surface area contributed by atoms with Crippen molar-refractivity contribution in [1.82, 2.24) is 0 Å². The van der Waals surface area contributed by atoms with Crippen molar-refractivity contribution in [3.8, 4) is 44.5 Å². The van der Waals surface area contributed by atoms with Crippen molar-refractivity contribution in [2.45, 2.75) is 5.41 Å². The van der Waals surface area contributed by atoms with E-state index in [9.17, 15) is 0 Å². The molecule has 0 heterocycles. The average Bonchev–Trinajstić information content (AvgIpc) is 3.73. The summed E-state index contributed by atoms with van der Waals surface area (Å²) in [7, 11) is 0. The van der Waals surface area contributed by atoms with Crippen LogP contribution in [-0.2, 0) is 5.41 Å². The van der Waals surface area contributed by atoms with E-state index in [0.29, 0.717) is 0 Å². The second-order valence-electron chi connectivity index (χ2n) is 18.1. The van der Waals surface area contributed by atoms with E-state index < -0.39 is 5.41 Å². The molecule has 67 heavy (non-hydrogen) atoms. The number of benzene rings is 13. The molecule has 0 atom stereocenters. The first-order valence-corrected chi connectivity index (χ1v) is 23.4. The Morgan fingerprint density at radius 2 is 0.522 bits per heavy atom. The van der Waals surface area contributed by atoms with Crippen molar-refractivity contribution in [2.75, 3.05) is 0 Å². The minimum atomic E-state index is -0.615. The van der Waals surface area contributed by atoms with Crippen LogP contribution in [0.4, 0.5) is 0 Å². The molecule has 0 fully saturated rings. The number of hydrogen-bond acceptors (Lipinski definition) is 0. The molecule has 0 N–H and O–H groups in total. The van der Waals surface area contributed by atoms with Crippen molar-refractivity contribution in [3.63, 3.8) is 0 Å². The van der Waals surface area contributed by atoms with E-state index >= 15 is 0 Å². The molecule has 13 aromatic rings. The molecule has 0 radical (unpaired) electrons. The zero-order valence-corrected chi connectivity index (χ0v) is 36.7. The van der Waals surface area contributed by atoms with E-state index in [4.69, 9.17) is 0 Å². The van der Waals surface area contributed by atoms with Gasteiger partial charge in [-0.2, -0.15) is 0 Å². The summed E-state index contributed by atoms with van der Waals surface area (Å²) in [6.07, 6.45) is 0. The van der Waals surface area contributed by atoms with Gasteiger partial charge in [0.05, 0.1) is 5.41 Å². The number of rotatable bonds is 5. The molecule has 0 amide bonds. The van der Waals surface area contributed by atoms with Gasteiger partial charge in [-0.3, -0.25) is 0 Å². The summed E-state index contributed by atoms with van der Waals surface area (Å²) in [5, 5.41) is 15.1. The molecule has 0 aliphatic heterocycles. The summed E-state index contributed by atoms with van der Waals surface area (Å²) >= 11 is 0. The third-order valence-corrected chi connectivity index (χ3v) is 14.9. The van der Waals surface area contributed by atoms with Crippen molar-refractivity contribution >= 4 is 64.6 Å². The van der Waals surface area contributed by atoms with Gasteiger partial charge in [-0.05, 0) is 137 Å². The lowest BCUT2D eigenvalue weighted by molar-refractivity contribution is 0.783. The third kappa shape index (κ3) is 5.30. The van der Waals surface area contributed by atoms with Gasteiger partial charge in [0, 0.05) is 0 Å². The standard InChI is InChI=1S/C67H42/c1-4-22-43(23-5-1)46-40-41-57(48-29-11-10-28-47(46)48)62-53-34-16-18-36-55(53)63(56-37-19-17-35-54(56)62)60-42-61-64-52-33-15-12-30-49(52)50-31-13-21-39-59(50)66(64)67(44-24-6-2-7-25-44,45-26-8-3-9-27-45)65(61)58-38-20-14-32-51(58)60/h1-42H. The first kappa shape index (κ1) is 37.8. The minimum absolute atomic E-state index is 0.615. The highest BCUT2D eigenvalue weighted by Gasteiger charge is 2.49. The average molecular weight is 847 g/mol. The molecule has 0 saturated carbocycles. The summed E-state index contributed by atoms with van der Waals surface area (Å²) in [4.78, 5) is 0. The zero-order valence-electron chi connectivity index (χ0n) is 36.7. The van der Waals surface area contributed by atoms with Crippen molar-refractivity contribution in [1.29, 1.82) is 0 Å². The Bertz CT molecular complexity index is 4030. The SMILES string of the molecule is c1ccc(-c2ccc(-c3c4ccccc4c(-c4cc5c(c6ccccc46)C(c4ccccc4)(c4ccccc4)c4c-5c5ccccc5c5ccccc45)c4ccccc34)c3ccccc23)cc1. The number of hydrogen-bond donors (Lipinski definition) is 0. The fraction of sp³-hybridized carbons (Fsp3) is 0.0149. The van der Waals surface area contributed by atoms with Crippen LogP contribution < -0.4 is 0 Å². The molecule has 14 rings (SSSR count). The highest BCUT2D eigenvalue weighted by molar-refractivity contribution is 6.28. The van der Waals surface area contributed by atoms with Gasteiger partial charge in [-0.15, -0.1) is 0 Å². The van der Waals surface area contributed by atoms with Crippen LogP contribution in [-0.4, -0.2) is 0 Å². The molecule has 0 bridgehead atoms. The Hall–Kier alpha value is -8.58. The number of fused-ring (bicyclic) bond motifs is 13. The largest absolute Gasteiger partial charge is 0.0725 e. The molecule has 1 aliphatic rings. The highest BCUT2D eigenvalue weighted by Crippen LogP contribution is 2.63. The Labute approximate surface area is 389 Å². The van der Waals surface area contributed by atoms with Gasteiger partial charge in [-0.1, -0.05) is 249 Å². The molecular weight excluding hydrogens is 805 g/mol. The topological polar surface area (TPSA) is 0 Å². The van der Waals surface area contributed by atoms with Crippen LogP contribution in [0.25, 0.3) is 109 Å². The van der Waals surface area contributed by atoms with Crippen LogP contribution in [0.3, 0.4) is 0 Å². The van der Waals surface area contributed by atoms with E-state index in [1.807, 2.05) is 0 Å². The second-order valence-corrected chi connectivity index (χ2v) is 18.1. The summed E-state index contributed by atoms with van der Waals surface area (Å²) < 4.78 is 0. The Kier molecular flexibility index (Phi) is 8.30. The molecule has 0 heteroatoms. The third-order valence-electron chi connectivity index (χ3n) is 14.9. The normalized spacial score (nSPS) is 12.9. The molecule has 0 saturated heterocycles. The maximum Gasteiger partial charge on any atom is 0.0725 e. The van der Waals surface area contributed by atoms with E-state index in [1.165, 1.54) is 131 Å². The van der Waals surface area contributed by atoms with Crippen LogP contribution in [0.15, 0.2) is 255 Å². The van der Waals surface area contributed by atoms with Crippen LogP contribution in [0.5, 0.6) is 0 Å². The van der Waals surface area contributed by atoms with Crippen LogP contribution in [0.1, 0.15) is 22.3 Å². The monoisotopic (exact) mass is 846 g/mol. The smallest absolute Gasteiger partial charge is 0.0622 e. The molecule has 310 valence electrons. The van der Waals surface area contributed by atoms with Crippen molar-refractivity contribution in [3.05, 3.63) is 277 Å². The first-order chi connectivity index (χ1) is 33.3. The lowest BCUT2D eigenvalue weighted by atomic mass is 9.65. The lowest BCUT2D eigenvalue weighted by Gasteiger charge is -2.36. The van der Waals surface area contributed by atoms with Gasteiger partial charge in [0.15, 0.2) is 0 Å². The van der Waals surface area contributed by atoms with Gasteiger partial charge in [0.1, 0.15) is 0 Å². The van der Waals surface area contributed by atoms with Gasteiger partial charge in [0.25, 0.3) is 0 Å². The zero-order chi connectivity index (χ0) is 44.1. The van der Waals surface area contributed by atoms with Gasteiger partial charge in [-0.25, -0.2) is 0 Å². The second kappa shape index (κ2) is 14.7. The predicted molar refractivity (Wildman–Crippen MR) is 285 cm³/mol. The Morgan fingerprint density at radius 3 is 1.03 bits per heavy atom. The fourth-order valence-corrected chi connectivity index (χ4v) is 12.3. The van der Waals surface area contributed by atoms with E-state index in [2.05, 4.69) is 255 Å². The maximum atomic E-state index is 2.59. The molecule has 0 unspecified atom stereocenters. The molecule has 0 nitrogen and oxygen atoms in total. The van der Waals surface area contributed by atoms with Crippen LogP contribution >= 0.6 is 0 Å². The van der Waals surface area contributed by atoms with Crippen molar-refractivity contribution < 1.29 is 0 Å². The highest BCUT2D eigenvalue weighted by atomic mass is 14.5. The first-order valence-electron chi connectivity index (χ1n) is 23.4. The van der Waals surface area contributed by atoms with Gasteiger partial charge in [0.2, 0.25) is 0 Å². The summed E-state index contributed by atoms with van der Waals surface area (Å²) in [6, 6.07) is 95.4. The molecule has 0 spiro atoms. The molecule has 13 aromatic carbocycles. The fourth-order valence-electron chi connectivity index (χ4n) is 12.3. The minimum Gasteiger partial charge on any atom is -0.0622 e. The quantitative estimate of drug-likeness (QED) is 0.120. The van der Waals surface area contributed by atoms with Crippen LogP contribution in [0.2, 0.25) is 0 Å². The van der Waals surface area contributed by atoms with Gasteiger partial charge < -0.3 is 0 Å². The molecular formula is C67H42. The van der Waals surface area contributed by atoms with E-state index in [1.54, 1.807) is 0 Å². The van der Waals surface area contributed by atoms with Crippen LogP contribution in [0, 0.1) is 0 Å². The Morgan fingerprint density at radius 1 is 0.194 bits per heavy atom. The molecule has 0 aromatic heterocycles. The van der Waals surface area contributed by atoms with Gasteiger partial charge >= 0.3 is 0 Å². The maximum absolute atomic E-state index is 2.59. The van der Waals surface area contributed by atoms with E-state index in [-0.39, 0.29) is 0 Å². The summed E-state index contributed by atoms with van der Waals surface area (Å²) in [5.74, 6) is 0. The predicted octanol–water partition coefficient (Wildman–Crippen LogP) is 18.0. The lowest BCUT2D eigenvalue weighted by Crippen LogP contribution is -2.29. The molecule has 1 aliphatic carbocycles. The summed E-state index contributed by atoms with van der Waals surface area (Å²) in [6.45, 7) is 0.